The summed E-state index contributed by atoms with van der Waals surface area (Å²) in [6.07, 6.45) is -1.30. The van der Waals surface area contributed by atoms with Gasteiger partial charge in [-0.3, -0.25) is 4.79 Å². The van der Waals surface area contributed by atoms with Crippen LogP contribution in [0.2, 0.25) is 0 Å². The molecule has 1 amide bonds. The smallest absolute Gasteiger partial charge is 0.346 e. The van der Waals surface area contributed by atoms with Crippen LogP contribution in [-0.2, 0) is 9.59 Å². The van der Waals surface area contributed by atoms with Crippen LogP contribution in [0.25, 0.3) is 0 Å². The standard InChI is InChI=1S/C19H20FNO5/c1-12-3-8-16(13(2)9-12)25-11-18(22)21-10-17(19(23)24)26-15-6-4-14(20)5-7-15/h3-9,17H,10-11H2,1-2H3,(H,21,22)(H,23,24). The number of benzene rings is 2. The van der Waals surface area contributed by atoms with Crippen LogP contribution in [0.1, 0.15) is 11.1 Å². The third kappa shape index (κ3) is 5.77. The summed E-state index contributed by atoms with van der Waals surface area (Å²) in [5.41, 5.74) is 1.99. The summed E-state index contributed by atoms with van der Waals surface area (Å²) in [4.78, 5) is 23.1. The van der Waals surface area contributed by atoms with Crippen molar-refractivity contribution in [1.29, 1.82) is 0 Å². The Morgan fingerprint density at radius 2 is 1.85 bits per heavy atom. The van der Waals surface area contributed by atoms with E-state index in [2.05, 4.69) is 5.32 Å². The van der Waals surface area contributed by atoms with Crippen LogP contribution in [-0.4, -0.2) is 36.2 Å². The van der Waals surface area contributed by atoms with Crippen LogP contribution in [0, 0.1) is 19.7 Å². The minimum Gasteiger partial charge on any atom is -0.484 e. The van der Waals surface area contributed by atoms with E-state index in [9.17, 15) is 19.1 Å². The van der Waals surface area contributed by atoms with Gasteiger partial charge in [-0.05, 0) is 49.7 Å². The fourth-order valence-electron chi connectivity index (χ4n) is 2.22. The van der Waals surface area contributed by atoms with Gasteiger partial charge < -0.3 is 19.9 Å². The molecule has 2 N–H and O–H groups in total. The van der Waals surface area contributed by atoms with Gasteiger partial charge in [0.2, 0.25) is 6.10 Å². The Bertz CT molecular complexity index is 776. The molecule has 0 saturated heterocycles. The largest absolute Gasteiger partial charge is 0.484 e. The molecule has 2 rings (SSSR count). The Morgan fingerprint density at radius 1 is 1.15 bits per heavy atom. The monoisotopic (exact) mass is 361 g/mol. The molecule has 138 valence electrons. The molecular weight excluding hydrogens is 341 g/mol. The van der Waals surface area contributed by atoms with Crippen molar-refractivity contribution in [2.45, 2.75) is 20.0 Å². The van der Waals surface area contributed by atoms with E-state index in [1.807, 2.05) is 26.0 Å². The van der Waals surface area contributed by atoms with Crippen LogP contribution in [0.5, 0.6) is 11.5 Å². The zero-order chi connectivity index (χ0) is 19.1. The second-order valence-electron chi connectivity index (χ2n) is 5.76. The van der Waals surface area contributed by atoms with E-state index in [0.29, 0.717) is 5.75 Å². The van der Waals surface area contributed by atoms with Crippen molar-refractivity contribution in [2.75, 3.05) is 13.2 Å². The van der Waals surface area contributed by atoms with Crippen LogP contribution in [0.4, 0.5) is 4.39 Å². The van der Waals surface area contributed by atoms with Gasteiger partial charge in [0.05, 0.1) is 6.54 Å². The van der Waals surface area contributed by atoms with Crippen molar-refractivity contribution in [3.8, 4) is 11.5 Å². The molecule has 2 aromatic carbocycles. The van der Waals surface area contributed by atoms with Crippen molar-refractivity contribution in [3.63, 3.8) is 0 Å². The van der Waals surface area contributed by atoms with Crippen LogP contribution in [0.15, 0.2) is 42.5 Å². The second kappa shape index (κ2) is 8.84. The average Bonchev–Trinajstić information content (AvgIpc) is 2.59. The first kappa shape index (κ1) is 19.2. The van der Waals surface area contributed by atoms with Gasteiger partial charge in [-0.1, -0.05) is 17.7 Å². The summed E-state index contributed by atoms with van der Waals surface area (Å²) in [7, 11) is 0. The lowest BCUT2D eigenvalue weighted by atomic mass is 10.1. The number of ether oxygens (including phenoxy) is 2. The maximum atomic E-state index is 12.9. The topological polar surface area (TPSA) is 84.9 Å². The number of aryl methyl sites for hydroxylation is 2. The molecule has 0 radical (unpaired) electrons. The van der Waals surface area contributed by atoms with E-state index in [0.717, 1.165) is 23.3 Å². The van der Waals surface area contributed by atoms with Crippen molar-refractivity contribution in [2.24, 2.45) is 0 Å². The Labute approximate surface area is 150 Å². The SMILES string of the molecule is Cc1ccc(OCC(=O)NCC(Oc2ccc(F)cc2)C(=O)O)c(C)c1. The quantitative estimate of drug-likeness (QED) is 0.755. The highest BCUT2D eigenvalue weighted by atomic mass is 19.1. The average molecular weight is 361 g/mol. The van der Waals surface area contributed by atoms with E-state index in [1.54, 1.807) is 6.07 Å². The summed E-state index contributed by atoms with van der Waals surface area (Å²) in [6.45, 7) is 3.34. The van der Waals surface area contributed by atoms with Crippen molar-refractivity contribution in [3.05, 3.63) is 59.4 Å². The molecule has 1 unspecified atom stereocenters. The molecule has 7 heteroatoms. The molecule has 6 nitrogen and oxygen atoms in total. The highest BCUT2D eigenvalue weighted by Gasteiger charge is 2.20. The third-order valence-electron chi connectivity index (χ3n) is 3.54. The number of halogens is 1. The fraction of sp³-hybridized carbons (Fsp3) is 0.263. The van der Waals surface area contributed by atoms with Gasteiger partial charge in [-0.25, -0.2) is 9.18 Å². The highest BCUT2D eigenvalue weighted by Crippen LogP contribution is 2.18. The van der Waals surface area contributed by atoms with Crippen LogP contribution >= 0.6 is 0 Å². The number of carbonyl (C=O) groups excluding carboxylic acids is 1. The maximum absolute atomic E-state index is 12.9. The molecule has 0 aliphatic carbocycles. The summed E-state index contributed by atoms with van der Waals surface area (Å²) in [5, 5.41) is 11.6. The van der Waals surface area contributed by atoms with Gasteiger partial charge in [-0.2, -0.15) is 0 Å². The first-order chi connectivity index (χ1) is 12.3. The minimum absolute atomic E-state index is 0.194. The number of rotatable bonds is 8. The Balaban J connectivity index is 1.84. The van der Waals surface area contributed by atoms with Crippen molar-refractivity contribution >= 4 is 11.9 Å². The summed E-state index contributed by atoms with van der Waals surface area (Å²) in [6, 6.07) is 10.5. The number of carboxylic acid groups (broad SMARTS) is 1. The zero-order valence-corrected chi connectivity index (χ0v) is 14.5. The van der Waals surface area contributed by atoms with E-state index in [-0.39, 0.29) is 18.9 Å². The molecule has 0 bridgehead atoms. The molecule has 0 saturated carbocycles. The van der Waals surface area contributed by atoms with Crippen molar-refractivity contribution in [1.82, 2.24) is 5.32 Å². The lowest BCUT2D eigenvalue weighted by Crippen LogP contribution is -2.41. The van der Waals surface area contributed by atoms with Gasteiger partial charge in [0.15, 0.2) is 6.61 Å². The molecule has 0 heterocycles. The summed E-state index contributed by atoms with van der Waals surface area (Å²) in [5.74, 6) is -1.40. The molecular formula is C19H20FNO5. The molecule has 0 aliphatic rings. The third-order valence-corrected chi connectivity index (χ3v) is 3.54. The molecule has 26 heavy (non-hydrogen) atoms. The normalized spacial score (nSPS) is 11.5. The van der Waals surface area contributed by atoms with Gasteiger partial charge in [0, 0.05) is 0 Å². The Kier molecular flexibility index (Phi) is 6.54. The lowest BCUT2D eigenvalue weighted by molar-refractivity contribution is -0.145. The van der Waals surface area contributed by atoms with Crippen LogP contribution in [0.3, 0.4) is 0 Å². The molecule has 0 spiro atoms. The number of aliphatic carboxylic acids is 1. The lowest BCUT2D eigenvalue weighted by Gasteiger charge is -2.16. The molecule has 2 aromatic rings. The maximum Gasteiger partial charge on any atom is 0.346 e. The number of carboxylic acids is 1. The Morgan fingerprint density at radius 3 is 2.46 bits per heavy atom. The van der Waals surface area contributed by atoms with E-state index in [4.69, 9.17) is 9.47 Å². The molecule has 0 aliphatic heterocycles. The number of carbonyl (C=O) groups is 2. The van der Waals surface area contributed by atoms with Gasteiger partial charge in [0.25, 0.3) is 5.91 Å². The second-order valence-corrected chi connectivity index (χ2v) is 5.76. The highest BCUT2D eigenvalue weighted by molar-refractivity contribution is 5.79. The van der Waals surface area contributed by atoms with Crippen LogP contribution < -0.4 is 14.8 Å². The summed E-state index contributed by atoms with van der Waals surface area (Å²) >= 11 is 0. The molecule has 1 atom stereocenters. The Hall–Kier alpha value is -3.09. The molecule has 0 fully saturated rings. The summed E-state index contributed by atoms with van der Waals surface area (Å²) < 4.78 is 23.6. The number of hydrogen-bond donors (Lipinski definition) is 2. The van der Waals surface area contributed by atoms with E-state index < -0.39 is 23.8 Å². The zero-order valence-electron chi connectivity index (χ0n) is 14.5. The van der Waals surface area contributed by atoms with Gasteiger partial charge in [0.1, 0.15) is 17.3 Å². The van der Waals surface area contributed by atoms with Gasteiger partial charge >= 0.3 is 5.97 Å². The minimum atomic E-state index is -1.30. The van der Waals surface area contributed by atoms with Gasteiger partial charge in [-0.15, -0.1) is 0 Å². The molecule has 0 aromatic heterocycles. The number of nitrogens with one attached hydrogen (secondary N) is 1. The fourth-order valence-corrected chi connectivity index (χ4v) is 2.22. The first-order valence-corrected chi connectivity index (χ1v) is 7.97. The number of hydrogen-bond acceptors (Lipinski definition) is 4. The van der Waals surface area contributed by atoms with E-state index >= 15 is 0 Å². The first-order valence-electron chi connectivity index (χ1n) is 7.97. The van der Waals surface area contributed by atoms with E-state index in [1.165, 1.54) is 12.1 Å². The van der Waals surface area contributed by atoms with Crippen molar-refractivity contribution < 1.29 is 28.6 Å². The number of amides is 1. The predicted molar refractivity (Wildman–Crippen MR) is 92.9 cm³/mol. The predicted octanol–water partition coefficient (Wildman–Crippen LogP) is 2.47.